The van der Waals surface area contributed by atoms with Crippen molar-refractivity contribution in [2.24, 2.45) is 0 Å². The maximum Gasteiger partial charge on any atom is 0.143 e. The van der Waals surface area contributed by atoms with Crippen LogP contribution in [0, 0.1) is 5.82 Å². The fourth-order valence-electron chi connectivity index (χ4n) is 1.50. The van der Waals surface area contributed by atoms with Gasteiger partial charge in [-0.25, -0.2) is 4.39 Å². The minimum Gasteiger partial charge on any atom is -0.490 e. The summed E-state index contributed by atoms with van der Waals surface area (Å²) in [6.07, 6.45) is 0. The van der Waals surface area contributed by atoms with Gasteiger partial charge in [-0.1, -0.05) is 18.2 Å². The molecule has 0 heterocycles. The average Bonchev–Trinajstić information content (AvgIpc) is 2.41. The Hall–Kier alpha value is -1.75. The maximum absolute atomic E-state index is 13.2. The van der Waals surface area contributed by atoms with Gasteiger partial charge in [-0.2, -0.15) is 0 Å². The van der Waals surface area contributed by atoms with E-state index in [9.17, 15) is 4.39 Å². The molecule has 19 heavy (non-hydrogen) atoms. The lowest BCUT2D eigenvalue weighted by molar-refractivity contribution is 0.217. The van der Waals surface area contributed by atoms with Crippen LogP contribution in [0.1, 0.15) is 0 Å². The first-order valence-electron chi connectivity index (χ1n) is 5.72. The molecular weight excluding hydrogens is 313 g/mol. The van der Waals surface area contributed by atoms with E-state index in [2.05, 4.69) is 15.9 Å². The second-order valence-corrected chi connectivity index (χ2v) is 4.67. The molecule has 0 aromatic heterocycles. The summed E-state index contributed by atoms with van der Waals surface area (Å²) in [5.74, 6) is 0.801. The summed E-state index contributed by atoms with van der Waals surface area (Å²) < 4.78 is 24.4. The molecule has 0 fully saturated rings. The van der Waals surface area contributed by atoms with E-state index in [-0.39, 0.29) is 5.69 Å². The summed E-state index contributed by atoms with van der Waals surface area (Å²) >= 11 is 3.08. The van der Waals surface area contributed by atoms with Crippen LogP contribution in [0.4, 0.5) is 10.1 Å². The molecule has 2 N–H and O–H groups in total. The molecule has 0 saturated carbocycles. The zero-order chi connectivity index (χ0) is 13.7. The van der Waals surface area contributed by atoms with Gasteiger partial charge in [0.2, 0.25) is 0 Å². The third-order valence-corrected chi connectivity index (χ3v) is 3.01. The van der Waals surface area contributed by atoms with Crippen LogP contribution in [0.3, 0.4) is 0 Å². The van der Waals surface area contributed by atoms with Crippen molar-refractivity contribution in [1.82, 2.24) is 0 Å². The van der Waals surface area contributed by atoms with Gasteiger partial charge in [-0.05, 0) is 34.1 Å². The molecule has 0 atom stereocenters. The second-order valence-electron chi connectivity index (χ2n) is 3.81. The highest BCUT2D eigenvalue weighted by molar-refractivity contribution is 9.10. The van der Waals surface area contributed by atoms with E-state index in [1.807, 2.05) is 30.3 Å². The number of benzene rings is 2. The SMILES string of the molecule is Nc1cc(F)c(Br)cc1OCCOc1ccccc1. The quantitative estimate of drug-likeness (QED) is 0.674. The van der Waals surface area contributed by atoms with Gasteiger partial charge in [0.1, 0.15) is 30.5 Å². The number of nitrogen functional groups attached to an aromatic ring is 1. The molecule has 0 radical (unpaired) electrons. The summed E-state index contributed by atoms with van der Waals surface area (Å²) in [6.45, 7) is 0.718. The van der Waals surface area contributed by atoms with Gasteiger partial charge in [0.05, 0.1) is 10.2 Å². The molecule has 0 aliphatic heterocycles. The van der Waals surface area contributed by atoms with Gasteiger partial charge in [0, 0.05) is 6.07 Å². The molecule has 0 saturated heterocycles. The van der Waals surface area contributed by atoms with Crippen molar-refractivity contribution in [1.29, 1.82) is 0 Å². The van der Waals surface area contributed by atoms with Crippen molar-refractivity contribution in [3.05, 3.63) is 52.8 Å². The van der Waals surface area contributed by atoms with Crippen molar-refractivity contribution < 1.29 is 13.9 Å². The fourth-order valence-corrected chi connectivity index (χ4v) is 1.82. The molecule has 2 aromatic carbocycles. The number of halogens is 2. The third kappa shape index (κ3) is 3.86. The highest BCUT2D eigenvalue weighted by Gasteiger charge is 2.06. The fraction of sp³-hybridized carbons (Fsp3) is 0.143. The van der Waals surface area contributed by atoms with E-state index in [0.29, 0.717) is 23.4 Å². The zero-order valence-corrected chi connectivity index (χ0v) is 11.7. The van der Waals surface area contributed by atoms with Crippen LogP contribution in [-0.4, -0.2) is 13.2 Å². The van der Waals surface area contributed by atoms with Crippen LogP contribution in [0.15, 0.2) is 46.9 Å². The Morgan fingerprint density at radius 1 is 1.05 bits per heavy atom. The van der Waals surface area contributed by atoms with Gasteiger partial charge in [0.15, 0.2) is 0 Å². The van der Waals surface area contributed by atoms with Gasteiger partial charge in [0.25, 0.3) is 0 Å². The Morgan fingerprint density at radius 3 is 2.47 bits per heavy atom. The third-order valence-electron chi connectivity index (χ3n) is 2.41. The number of hydrogen-bond acceptors (Lipinski definition) is 3. The lowest BCUT2D eigenvalue weighted by atomic mass is 10.3. The van der Waals surface area contributed by atoms with Crippen LogP contribution in [0.5, 0.6) is 11.5 Å². The Balaban J connectivity index is 1.85. The Bertz CT molecular complexity index is 549. The molecule has 5 heteroatoms. The second kappa shape index (κ2) is 6.43. The van der Waals surface area contributed by atoms with Crippen molar-refractivity contribution in [3.63, 3.8) is 0 Å². The number of nitrogens with two attached hydrogens (primary N) is 1. The summed E-state index contributed by atoms with van der Waals surface area (Å²) in [7, 11) is 0. The van der Waals surface area contributed by atoms with Crippen molar-refractivity contribution in [2.45, 2.75) is 0 Å². The van der Waals surface area contributed by atoms with Crippen LogP contribution in [0.25, 0.3) is 0 Å². The van der Waals surface area contributed by atoms with E-state index in [4.69, 9.17) is 15.2 Å². The highest BCUT2D eigenvalue weighted by Crippen LogP contribution is 2.28. The highest BCUT2D eigenvalue weighted by atomic mass is 79.9. The topological polar surface area (TPSA) is 44.5 Å². The molecule has 0 bridgehead atoms. The van der Waals surface area contributed by atoms with E-state index in [1.54, 1.807) is 0 Å². The van der Waals surface area contributed by atoms with Crippen LogP contribution in [-0.2, 0) is 0 Å². The molecule has 0 amide bonds. The van der Waals surface area contributed by atoms with Gasteiger partial charge >= 0.3 is 0 Å². The average molecular weight is 326 g/mol. The lowest BCUT2D eigenvalue weighted by Crippen LogP contribution is -2.10. The molecule has 3 nitrogen and oxygen atoms in total. The minimum atomic E-state index is -0.412. The largest absolute Gasteiger partial charge is 0.490 e. The Kier molecular flexibility index (Phi) is 4.63. The van der Waals surface area contributed by atoms with E-state index >= 15 is 0 Å². The summed E-state index contributed by atoms with van der Waals surface area (Å²) in [5.41, 5.74) is 5.92. The molecule has 0 unspecified atom stereocenters. The zero-order valence-electron chi connectivity index (χ0n) is 10.1. The molecule has 0 spiro atoms. The van der Waals surface area contributed by atoms with Gasteiger partial charge in [-0.3, -0.25) is 0 Å². The monoisotopic (exact) mass is 325 g/mol. The van der Waals surface area contributed by atoms with Crippen LogP contribution < -0.4 is 15.2 Å². The first-order valence-corrected chi connectivity index (χ1v) is 6.51. The lowest BCUT2D eigenvalue weighted by Gasteiger charge is -2.10. The van der Waals surface area contributed by atoms with Crippen molar-refractivity contribution in [3.8, 4) is 11.5 Å². The van der Waals surface area contributed by atoms with Crippen molar-refractivity contribution in [2.75, 3.05) is 18.9 Å². The number of ether oxygens (including phenoxy) is 2. The normalized spacial score (nSPS) is 10.2. The summed E-state index contributed by atoms with van der Waals surface area (Å²) in [4.78, 5) is 0. The Morgan fingerprint density at radius 2 is 1.74 bits per heavy atom. The number of rotatable bonds is 5. The van der Waals surface area contributed by atoms with Gasteiger partial charge in [-0.15, -0.1) is 0 Å². The van der Waals surface area contributed by atoms with Gasteiger partial charge < -0.3 is 15.2 Å². The van der Waals surface area contributed by atoms with E-state index < -0.39 is 5.82 Å². The Labute approximate surface area is 119 Å². The first-order chi connectivity index (χ1) is 9.16. The molecule has 2 rings (SSSR count). The summed E-state index contributed by atoms with van der Waals surface area (Å²) in [5, 5.41) is 0. The van der Waals surface area contributed by atoms with Crippen molar-refractivity contribution >= 4 is 21.6 Å². The predicted octanol–water partition coefficient (Wildman–Crippen LogP) is 3.63. The molecule has 100 valence electrons. The maximum atomic E-state index is 13.2. The standard InChI is InChI=1S/C14H13BrFNO2/c15-11-8-14(13(17)9-12(11)16)19-7-6-18-10-4-2-1-3-5-10/h1-5,8-9H,6-7,17H2. The predicted molar refractivity (Wildman–Crippen MR) is 75.9 cm³/mol. The number of hydrogen-bond donors (Lipinski definition) is 1. The first kappa shape index (κ1) is 13.7. The molecule has 0 aliphatic rings. The molecular formula is C14H13BrFNO2. The molecule has 2 aromatic rings. The van der Waals surface area contributed by atoms with Crippen LogP contribution in [0.2, 0.25) is 0 Å². The van der Waals surface area contributed by atoms with E-state index in [1.165, 1.54) is 12.1 Å². The number of para-hydroxylation sites is 1. The minimum absolute atomic E-state index is 0.264. The number of anilines is 1. The summed E-state index contributed by atoms with van der Waals surface area (Å²) in [6, 6.07) is 12.2. The van der Waals surface area contributed by atoms with Crippen LogP contribution >= 0.6 is 15.9 Å². The van der Waals surface area contributed by atoms with E-state index in [0.717, 1.165) is 5.75 Å². The molecule has 0 aliphatic carbocycles. The smallest absolute Gasteiger partial charge is 0.143 e.